The van der Waals surface area contributed by atoms with Gasteiger partial charge in [0.15, 0.2) is 0 Å². The Kier molecular flexibility index (Phi) is 11.3. The highest BCUT2D eigenvalue weighted by atomic mass is 19.1. The van der Waals surface area contributed by atoms with E-state index in [1.807, 2.05) is 25.7 Å². The van der Waals surface area contributed by atoms with Crippen molar-refractivity contribution in [2.45, 2.75) is 89.9 Å². The molecule has 2 unspecified atom stereocenters. The molecule has 234 valence electrons. The van der Waals surface area contributed by atoms with Crippen LogP contribution in [-0.2, 0) is 11.2 Å². The summed E-state index contributed by atoms with van der Waals surface area (Å²) in [7, 11) is 0. The second-order valence-electron chi connectivity index (χ2n) is 11.9. The number of rotatable bonds is 12. The average molecular weight is 599 g/mol. The summed E-state index contributed by atoms with van der Waals surface area (Å²) in [6, 6.07) is 6.75. The molecule has 2 aromatic carbocycles. The minimum atomic E-state index is -1.12. The molecule has 0 aromatic heterocycles. The van der Waals surface area contributed by atoms with Crippen LogP contribution >= 0.6 is 0 Å². The third-order valence-corrected chi connectivity index (χ3v) is 8.34. The maximum absolute atomic E-state index is 14.1. The highest BCUT2D eigenvalue weighted by Crippen LogP contribution is 2.25. The van der Waals surface area contributed by atoms with Crippen molar-refractivity contribution in [2.75, 3.05) is 26.2 Å². The van der Waals surface area contributed by atoms with Gasteiger partial charge in [0.2, 0.25) is 5.91 Å². The van der Waals surface area contributed by atoms with Crippen molar-refractivity contribution in [2.24, 2.45) is 0 Å². The van der Waals surface area contributed by atoms with Gasteiger partial charge < -0.3 is 25.5 Å². The van der Waals surface area contributed by atoms with Crippen molar-refractivity contribution in [3.63, 3.8) is 0 Å². The van der Waals surface area contributed by atoms with Crippen LogP contribution < -0.4 is 10.6 Å². The lowest BCUT2D eigenvalue weighted by atomic mass is 9.88. The quantitative estimate of drug-likeness (QED) is 0.343. The Morgan fingerprint density at radius 2 is 1.74 bits per heavy atom. The first kappa shape index (κ1) is 32.5. The van der Waals surface area contributed by atoms with Gasteiger partial charge in [-0.15, -0.1) is 0 Å². The Morgan fingerprint density at radius 1 is 1.07 bits per heavy atom. The number of carbonyl (C=O) groups excluding carboxylic acids is 3. The van der Waals surface area contributed by atoms with E-state index < -0.39 is 35.7 Å². The molecule has 2 heterocycles. The van der Waals surface area contributed by atoms with Crippen molar-refractivity contribution >= 4 is 17.7 Å². The van der Waals surface area contributed by atoms with Crippen molar-refractivity contribution in [1.82, 2.24) is 20.4 Å². The van der Waals surface area contributed by atoms with E-state index in [0.717, 1.165) is 37.3 Å². The third-order valence-electron chi connectivity index (χ3n) is 8.34. The van der Waals surface area contributed by atoms with E-state index in [0.29, 0.717) is 50.1 Å². The number of benzene rings is 2. The fourth-order valence-electron chi connectivity index (χ4n) is 6.38. The molecular formula is C33H44F2N4O4. The summed E-state index contributed by atoms with van der Waals surface area (Å²) in [5.74, 6) is -2.03. The minimum Gasteiger partial charge on any atom is -0.389 e. The molecule has 4 atom stereocenters. The van der Waals surface area contributed by atoms with Crippen molar-refractivity contribution in [3.8, 4) is 0 Å². The molecule has 3 amide bonds. The van der Waals surface area contributed by atoms with Crippen LogP contribution in [0.2, 0.25) is 0 Å². The summed E-state index contributed by atoms with van der Waals surface area (Å²) in [6.45, 7) is 8.32. The van der Waals surface area contributed by atoms with E-state index in [1.165, 1.54) is 12.1 Å². The number of nitrogens with zero attached hydrogens (tertiary/aromatic N) is 2. The normalized spacial score (nSPS) is 20.1. The van der Waals surface area contributed by atoms with E-state index in [4.69, 9.17) is 0 Å². The number of hydrogen-bond donors (Lipinski definition) is 3. The zero-order chi connectivity index (χ0) is 31.1. The standard InChI is InChI=1S/C33H44F2N4O4/c1-4-10-38(11-5-2)33(43)24-14-21(3)13-23(18-24)32(42)37-29(17-22-15-25(34)19-26(35)16-22)31(41)28-20-27(8-9-36-28)39-12-6-7-30(39)40/h13-16,18-19,27-29,31,36,41H,4-12,17,20H2,1-3H3,(H,37,42)/t27-,28?,29?,31+/m0/s1. The van der Waals surface area contributed by atoms with Crippen molar-refractivity contribution < 1.29 is 28.3 Å². The fraction of sp³-hybridized carbons (Fsp3) is 0.545. The van der Waals surface area contributed by atoms with Crippen LogP contribution in [0.4, 0.5) is 8.78 Å². The number of halogens is 2. The summed E-state index contributed by atoms with van der Waals surface area (Å²) in [6.07, 6.45) is 3.07. The Hall–Kier alpha value is -3.37. The number of aryl methyl sites for hydroxylation is 1. The largest absolute Gasteiger partial charge is 0.389 e. The summed E-state index contributed by atoms with van der Waals surface area (Å²) in [5.41, 5.74) is 1.69. The van der Waals surface area contributed by atoms with E-state index >= 15 is 0 Å². The summed E-state index contributed by atoms with van der Waals surface area (Å²) in [4.78, 5) is 43.0. The lowest BCUT2D eigenvalue weighted by Crippen LogP contribution is -2.58. The molecule has 8 nitrogen and oxygen atoms in total. The van der Waals surface area contributed by atoms with Crippen LogP contribution in [0, 0.1) is 18.6 Å². The van der Waals surface area contributed by atoms with Crippen molar-refractivity contribution in [3.05, 3.63) is 70.3 Å². The molecule has 4 rings (SSSR count). The zero-order valence-electron chi connectivity index (χ0n) is 25.4. The first-order chi connectivity index (χ1) is 20.6. The maximum Gasteiger partial charge on any atom is 0.253 e. The first-order valence-corrected chi connectivity index (χ1v) is 15.5. The van der Waals surface area contributed by atoms with Crippen molar-refractivity contribution in [1.29, 1.82) is 0 Å². The van der Waals surface area contributed by atoms with Gasteiger partial charge in [-0.2, -0.15) is 0 Å². The number of hydrogen-bond acceptors (Lipinski definition) is 5. The van der Waals surface area contributed by atoms with Gasteiger partial charge in [-0.05, 0) is 93.5 Å². The van der Waals surface area contributed by atoms with E-state index in [2.05, 4.69) is 10.6 Å². The molecule has 0 aliphatic carbocycles. The molecular weight excluding hydrogens is 554 g/mol. The molecule has 0 saturated carbocycles. The molecule has 10 heteroatoms. The van der Waals surface area contributed by atoms with Crippen LogP contribution in [0.5, 0.6) is 0 Å². The molecule has 3 N–H and O–H groups in total. The molecule has 2 saturated heterocycles. The molecule has 43 heavy (non-hydrogen) atoms. The second-order valence-corrected chi connectivity index (χ2v) is 11.9. The summed E-state index contributed by atoms with van der Waals surface area (Å²) >= 11 is 0. The highest BCUT2D eigenvalue weighted by Gasteiger charge is 2.37. The Bertz CT molecular complexity index is 1280. The Morgan fingerprint density at radius 3 is 2.37 bits per heavy atom. The van der Waals surface area contributed by atoms with Gasteiger partial charge in [0.25, 0.3) is 11.8 Å². The van der Waals surface area contributed by atoms with E-state index in [9.17, 15) is 28.3 Å². The van der Waals surface area contributed by atoms with Gasteiger partial charge >= 0.3 is 0 Å². The van der Waals surface area contributed by atoms with Crippen LogP contribution in [-0.4, -0.2) is 83.0 Å². The van der Waals surface area contributed by atoms with Gasteiger partial charge in [-0.3, -0.25) is 14.4 Å². The van der Waals surface area contributed by atoms with Gasteiger partial charge in [0.1, 0.15) is 11.6 Å². The predicted octanol–water partition coefficient (Wildman–Crippen LogP) is 3.98. The smallest absolute Gasteiger partial charge is 0.253 e. The third kappa shape index (κ3) is 8.38. The van der Waals surface area contributed by atoms with Gasteiger partial charge in [0, 0.05) is 55.3 Å². The molecule has 2 fully saturated rings. The number of amides is 3. The monoisotopic (exact) mass is 598 g/mol. The average Bonchev–Trinajstić information content (AvgIpc) is 3.41. The Balaban J connectivity index is 1.58. The van der Waals surface area contributed by atoms with Crippen LogP contribution in [0.3, 0.4) is 0 Å². The zero-order valence-corrected chi connectivity index (χ0v) is 25.4. The molecule has 0 spiro atoms. The lowest BCUT2D eigenvalue weighted by Gasteiger charge is -2.40. The highest BCUT2D eigenvalue weighted by molar-refractivity contribution is 6.00. The van der Waals surface area contributed by atoms with Crippen LogP contribution in [0.15, 0.2) is 36.4 Å². The molecule has 2 aliphatic rings. The number of carbonyl (C=O) groups is 3. The summed E-state index contributed by atoms with van der Waals surface area (Å²) in [5, 5.41) is 17.8. The van der Waals surface area contributed by atoms with Crippen LogP contribution in [0.1, 0.15) is 84.2 Å². The second kappa shape index (κ2) is 14.9. The fourth-order valence-corrected chi connectivity index (χ4v) is 6.38. The predicted molar refractivity (Wildman–Crippen MR) is 161 cm³/mol. The van der Waals surface area contributed by atoms with Gasteiger partial charge in [-0.1, -0.05) is 13.8 Å². The number of aliphatic hydroxyl groups excluding tert-OH is 1. The van der Waals surface area contributed by atoms with Gasteiger partial charge in [-0.25, -0.2) is 8.78 Å². The maximum atomic E-state index is 14.1. The molecule has 2 aliphatic heterocycles. The molecule has 2 aromatic rings. The minimum absolute atomic E-state index is 0.0224. The van der Waals surface area contributed by atoms with E-state index in [1.54, 1.807) is 23.1 Å². The lowest BCUT2D eigenvalue weighted by molar-refractivity contribution is -0.130. The summed E-state index contributed by atoms with van der Waals surface area (Å²) < 4.78 is 28.2. The molecule has 0 bridgehead atoms. The first-order valence-electron chi connectivity index (χ1n) is 15.5. The van der Waals surface area contributed by atoms with E-state index in [-0.39, 0.29) is 29.8 Å². The number of aliphatic hydroxyl groups is 1. The SMILES string of the molecule is CCCN(CCC)C(=O)c1cc(C)cc(C(=O)NC(Cc2cc(F)cc(F)c2)[C@H](O)C2C[C@@H](N3CCCC3=O)CCN2)c1. The number of nitrogens with one attached hydrogen (secondary N) is 2. The molecule has 0 radical (unpaired) electrons. The van der Waals surface area contributed by atoms with Gasteiger partial charge in [0.05, 0.1) is 12.1 Å². The number of piperidine rings is 1. The Labute approximate surface area is 252 Å². The topological polar surface area (TPSA) is 102 Å². The number of likely N-dealkylation sites (tertiary alicyclic amines) is 1. The van der Waals surface area contributed by atoms with Crippen LogP contribution in [0.25, 0.3) is 0 Å².